The monoisotopic (exact) mass is 577 g/mol. The maximum Gasteiger partial charge on any atom is 0.351 e. The number of rotatable bonds is 8. The Balaban J connectivity index is 2.01. The highest BCUT2D eigenvalue weighted by Gasteiger charge is 2.23. The van der Waals surface area contributed by atoms with Gasteiger partial charge < -0.3 is 21.4 Å². The van der Waals surface area contributed by atoms with Gasteiger partial charge in [0.1, 0.15) is 5.82 Å². The fourth-order valence-corrected chi connectivity index (χ4v) is 3.68. The standard InChI is InChI=1S/C27H28F5N7O2/c1-15-4-19(11-34-9-15)38(3)27(41)37-26(39(14-40)13-18-6-21(29)22(30)8-20(18)28)36-24-7-17(10-35-12-25(31)32)23(33)5-16(24)2/h4-8,10-11,14,25,33-35H,9,12-13H2,1-3H3,(H,36,37,41)/b17-10-,33-23?. The number of amides is 3. The van der Waals surface area contributed by atoms with Gasteiger partial charge in [-0.1, -0.05) is 5.57 Å². The number of carbonyl (C=O) groups is 2. The molecule has 2 aliphatic rings. The zero-order chi connectivity index (χ0) is 30.3. The number of hydrogen-bond acceptors (Lipinski definition) is 5. The van der Waals surface area contributed by atoms with Crippen LogP contribution in [0, 0.1) is 22.9 Å². The minimum atomic E-state index is -2.63. The van der Waals surface area contributed by atoms with Crippen LogP contribution in [0.4, 0.5) is 26.7 Å². The lowest BCUT2D eigenvalue weighted by molar-refractivity contribution is -0.115. The Morgan fingerprint density at radius 2 is 1.85 bits per heavy atom. The Morgan fingerprint density at radius 1 is 1.15 bits per heavy atom. The van der Waals surface area contributed by atoms with Crippen LogP contribution in [0.3, 0.4) is 0 Å². The molecule has 1 aromatic carbocycles. The van der Waals surface area contributed by atoms with Crippen molar-refractivity contribution in [1.29, 1.82) is 5.41 Å². The average molecular weight is 578 g/mol. The molecule has 0 saturated carbocycles. The van der Waals surface area contributed by atoms with Crippen LogP contribution < -0.4 is 16.0 Å². The molecule has 4 N–H and O–H groups in total. The smallest absolute Gasteiger partial charge is 0.351 e. The number of likely N-dealkylation sites (N-methyl/N-ethyl adjacent to an activating group) is 1. The molecule has 9 nitrogen and oxygen atoms in total. The van der Waals surface area contributed by atoms with Crippen LogP contribution in [-0.4, -0.2) is 60.5 Å². The molecule has 1 aliphatic carbocycles. The molecule has 1 aromatic rings. The van der Waals surface area contributed by atoms with Gasteiger partial charge in [-0.05, 0) is 43.7 Å². The van der Waals surface area contributed by atoms with Crippen LogP contribution >= 0.6 is 0 Å². The van der Waals surface area contributed by atoms with Crippen LogP contribution in [0.5, 0.6) is 0 Å². The normalized spacial score (nSPS) is 16.4. The van der Waals surface area contributed by atoms with Crippen LogP contribution in [0.15, 0.2) is 75.9 Å². The molecule has 0 aromatic heterocycles. The number of hydrogen-bond donors (Lipinski definition) is 4. The third-order valence-corrected chi connectivity index (χ3v) is 5.90. The Bertz CT molecular complexity index is 1410. The molecule has 1 aliphatic heterocycles. The molecule has 0 radical (unpaired) electrons. The highest BCUT2D eigenvalue weighted by Crippen LogP contribution is 2.20. The molecule has 0 saturated heterocycles. The zero-order valence-corrected chi connectivity index (χ0v) is 22.4. The summed E-state index contributed by atoms with van der Waals surface area (Å²) in [5.41, 5.74) is 1.88. The van der Waals surface area contributed by atoms with Gasteiger partial charge in [-0.2, -0.15) is 4.99 Å². The zero-order valence-electron chi connectivity index (χ0n) is 22.4. The minimum Gasteiger partial charge on any atom is -0.385 e. The summed E-state index contributed by atoms with van der Waals surface area (Å²) in [5, 5.41) is 16.3. The number of carbonyl (C=O) groups excluding carboxylic acids is 2. The number of nitrogens with one attached hydrogen (secondary N) is 4. The van der Waals surface area contributed by atoms with Crippen LogP contribution in [0.1, 0.15) is 19.4 Å². The van der Waals surface area contributed by atoms with Crippen molar-refractivity contribution in [1.82, 2.24) is 25.8 Å². The fraction of sp³-hybridized carbons (Fsp3) is 0.259. The van der Waals surface area contributed by atoms with E-state index >= 15 is 0 Å². The van der Waals surface area contributed by atoms with E-state index in [-0.39, 0.29) is 23.4 Å². The number of guanidine groups is 1. The fourth-order valence-electron chi connectivity index (χ4n) is 3.68. The second kappa shape index (κ2) is 13.5. The molecule has 0 atom stereocenters. The molecule has 0 spiro atoms. The van der Waals surface area contributed by atoms with E-state index in [2.05, 4.69) is 20.9 Å². The van der Waals surface area contributed by atoms with Gasteiger partial charge in [0.15, 0.2) is 11.6 Å². The van der Waals surface area contributed by atoms with Gasteiger partial charge >= 0.3 is 6.03 Å². The second-order valence-corrected chi connectivity index (χ2v) is 9.13. The summed E-state index contributed by atoms with van der Waals surface area (Å²) in [6.45, 7) is 2.75. The van der Waals surface area contributed by atoms with Crippen molar-refractivity contribution in [3.05, 3.63) is 93.9 Å². The van der Waals surface area contributed by atoms with Crippen molar-refractivity contribution in [3.63, 3.8) is 0 Å². The van der Waals surface area contributed by atoms with E-state index < -0.39 is 54.5 Å². The summed E-state index contributed by atoms with van der Waals surface area (Å²) >= 11 is 0. The number of allylic oxidation sites excluding steroid dienone is 5. The number of nitrogens with zero attached hydrogens (tertiary/aromatic N) is 3. The molecule has 14 heteroatoms. The quantitative estimate of drug-likeness (QED) is 0.123. The first-order valence-electron chi connectivity index (χ1n) is 12.2. The van der Waals surface area contributed by atoms with E-state index in [1.807, 2.05) is 6.92 Å². The molecule has 3 rings (SSSR count). The average Bonchev–Trinajstić information content (AvgIpc) is 2.91. The van der Waals surface area contributed by atoms with Crippen molar-refractivity contribution in [2.45, 2.75) is 26.8 Å². The molecular weight excluding hydrogens is 549 g/mol. The van der Waals surface area contributed by atoms with Gasteiger partial charge in [-0.3, -0.25) is 14.6 Å². The molecule has 1 heterocycles. The number of dihydropyridines is 1. The Kier molecular flexibility index (Phi) is 10.2. The van der Waals surface area contributed by atoms with E-state index in [0.717, 1.165) is 10.5 Å². The SMILES string of the molecule is CC1=CC(N(C)C(=O)/N=C(/NC2=C/C(=C/NCC(F)F)C(=N)C=C2C)N(C=O)Cc2cc(F)c(F)cc2F)=CNC1. The molecular formula is C27H28F5N7O2. The first-order chi connectivity index (χ1) is 19.4. The predicted octanol–water partition coefficient (Wildman–Crippen LogP) is 4.05. The third kappa shape index (κ3) is 8.13. The van der Waals surface area contributed by atoms with Gasteiger partial charge in [-0.15, -0.1) is 0 Å². The third-order valence-electron chi connectivity index (χ3n) is 5.90. The number of halogens is 5. The van der Waals surface area contributed by atoms with E-state index in [1.54, 1.807) is 19.2 Å². The summed E-state index contributed by atoms with van der Waals surface area (Å²) in [5.74, 6) is -4.29. The number of aliphatic imine (C=N–C) groups is 1. The highest BCUT2D eigenvalue weighted by atomic mass is 19.3. The van der Waals surface area contributed by atoms with Crippen LogP contribution in [0.2, 0.25) is 0 Å². The Morgan fingerprint density at radius 3 is 2.51 bits per heavy atom. The van der Waals surface area contributed by atoms with E-state index in [4.69, 9.17) is 5.41 Å². The van der Waals surface area contributed by atoms with Crippen molar-refractivity contribution in [2.75, 3.05) is 20.1 Å². The van der Waals surface area contributed by atoms with Crippen LogP contribution in [-0.2, 0) is 11.3 Å². The summed E-state index contributed by atoms with van der Waals surface area (Å²) < 4.78 is 66.9. The first-order valence-corrected chi connectivity index (χ1v) is 12.2. The highest BCUT2D eigenvalue weighted by molar-refractivity contribution is 6.11. The number of urea groups is 1. The molecule has 3 amide bonds. The van der Waals surface area contributed by atoms with Crippen molar-refractivity contribution in [2.24, 2.45) is 4.99 Å². The Hall–Kier alpha value is -4.75. The van der Waals surface area contributed by atoms with Gasteiger partial charge in [0.25, 0.3) is 6.43 Å². The van der Waals surface area contributed by atoms with Gasteiger partial charge in [-0.25, -0.2) is 26.7 Å². The lowest BCUT2D eigenvalue weighted by atomic mass is 9.99. The predicted molar refractivity (Wildman–Crippen MR) is 143 cm³/mol. The van der Waals surface area contributed by atoms with Crippen molar-refractivity contribution in [3.8, 4) is 0 Å². The number of alkyl halides is 2. The van der Waals surface area contributed by atoms with E-state index in [0.29, 0.717) is 29.9 Å². The summed E-state index contributed by atoms with van der Waals surface area (Å²) in [6.07, 6.45) is 4.95. The van der Waals surface area contributed by atoms with Gasteiger partial charge in [0.2, 0.25) is 12.4 Å². The summed E-state index contributed by atoms with van der Waals surface area (Å²) in [7, 11) is 1.44. The van der Waals surface area contributed by atoms with Crippen molar-refractivity contribution < 1.29 is 31.5 Å². The maximum atomic E-state index is 14.4. The van der Waals surface area contributed by atoms with E-state index in [1.165, 1.54) is 30.3 Å². The largest absolute Gasteiger partial charge is 0.385 e. The molecule has 0 unspecified atom stereocenters. The number of benzene rings is 1. The second-order valence-electron chi connectivity index (χ2n) is 9.13. The minimum absolute atomic E-state index is 0.000825. The summed E-state index contributed by atoms with van der Waals surface area (Å²) in [6, 6.07) is 0.0738. The van der Waals surface area contributed by atoms with E-state index in [9.17, 15) is 31.5 Å². The van der Waals surface area contributed by atoms with Gasteiger partial charge in [0, 0.05) is 48.9 Å². The summed E-state index contributed by atoms with van der Waals surface area (Å²) in [4.78, 5) is 31.3. The first kappa shape index (κ1) is 30.8. The van der Waals surface area contributed by atoms with Crippen molar-refractivity contribution >= 4 is 24.1 Å². The molecule has 0 bridgehead atoms. The topological polar surface area (TPSA) is 113 Å². The Labute approximate surface area is 233 Å². The lowest BCUT2D eigenvalue weighted by Crippen LogP contribution is -2.42. The molecule has 0 fully saturated rings. The lowest BCUT2D eigenvalue weighted by Gasteiger charge is -2.26. The van der Waals surface area contributed by atoms with Crippen LogP contribution in [0.25, 0.3) is 0 Å². The van der Waals surface area contributed by atoms with Gasteiger partial charge in [0.05, 0.1) is 24.5 Å². The molecule has 41 heavy (non-hydrogen) atoms. The molecule has 218 valence electrons. The maximum absolute atomic E-state index is 14.4.